The maximum atomic E-state index is 12.1. The van der Waals surface area contributed by atoms with Crippen molar-refractivity contribution < 1.29 is 23.8 Å². The van der Waals surface area contributed by atoms with Crippen LogP contribution in [0.2, 0.25) is 0 Å². The topological polar surface area (TPSA) is 73.9 Å². The number of esters is 1. The van der Waals surface area contributed by atoms with Crippen molar-refractivity contribution in [1.29, 1.82) is 0 Å². The first-order chi connectivity index (χ1) is 14.7. The minimum absolute atomic E-state index is 0.0366. The van der Waals surface area contributed by atoms with Gasteiger partial charge in [-0.15, -0.1) is 0 Å². The number of rotatable bonds is 9. The molecule has 3 aromatic rings. The molecule has 0 spiro atoms. The molecule has 0 unspecified atom stereocenters. The van der Waals surface area contributed by atoms with Gasteiger partial charge in [0.2, 0.25) is 0 Å². The first kappa shape index (κ1) is 20.9. The highest BCUT2D eigenvalue weighted by molar-refractivity contribution is 5.94. The number of nitrogens with one attached hydrogen (secondary N) is 1. The number of ether oxygens (including phenoxy) is 3. The van der Waals surface area contributed by atoms with E-state index < -0.39 is 12.1 Å². The van der Waals surface area contributed by atoms with E-state index in [0.717, 1.165) is 29.0 Å². The SMILES string of the molecule is C=CC(=O)OCCNC(=O)Oc1ccc(OCCc2ccccc2)c2ccccc12. The molecular weight excluding hydrogens is 382 g/mol. The third-order valence-electron chi connectivity index (χ3n) is 4.32. The van der Waals surface area contributed by atoms with Crippen molar-refractivity contribution in [3.05, 3.63) is 84.9 Å². The van der Waals surface area contributed by atoms with Crippen LogP contribution in [0.1, 0.15) is 5.56 Å². The molecule has 6 heteroatoms. The van der Waals surface area contributed by atoms with Crippen LogP contribution in [0.25, 0.3) is 10.8 Å². The average Bonchev–Trinajstić information content (AvgIpc) is 2.78. The van der Waals surface area contributed by atoms with Gasteiger partial charge in [-0.1, -0.05) is 61.2 Å². The average molecular weight is 405 g/mol. The Morgan fingerprint density at radius 3 is 2.27 bits per heavy atom. The molecule has 3 rings (SSSR count). The molecule has 30 heavy (non-hydrogen) atoms. The van der Waals surface area contributed by atoms with E-state index in [2.05, 4.69) is 24.0 Å². The molecule has 0 atom stereocenters. The smallest absolute Gasteiger partial charge is 0.412 e. The molecular formula is C24H23NO5. The highest BCUT2D eigenvalue weighted by Crippen LogP contribution is 2.33. The van der Waals surface area contributed by atoms with Gasteiger partial charge in [-0.3, -0.25) is 0 Å². The third kappa shape index (κ3) is 5.85. The summed E-state index contributed by atoms with van der Waals surface area (Å²) in [6.07, 6.45) is 1.23. The molecule has 0 radical (unpaired) electrons. The number of carbonyl (C=O) groups is 2. The van der Waals surface area contributed by atoms with Crippen LogP contribution in [-0.4, -0.2) is 31.8 Å². The standard InChI is InChI=1S/C24H23NO5/c1-2-23(26)29-17-15-25-24(27)30-22-13-12-21(19-10-6-7-11-20(19)22)28-16-14-18-8-4-3-5-9-18/h2-13H,1,14-17H2,(H,25,27). The third-order valence-corrected chi connectivity index (χ3v) is 4.32. The second kappa shape index (κ2) is 10.7. The fourth-order valence-electron chi connectivity index (χ4n) is 2.88. The molecule has 0 heterocycles. The Kier molecular flexibility index (Phi) is 7.44. The van der Waals surface area contributed by atoms with E-state index in [1.54, 1.807) is 12.1 Å². The highest BCUT2D eigenvalue weighted by atomic mass is 16.6. The Balaban J connectivity index is 1.61. The molecule has 0 saturated heterocycles. The monoisotopic (exact) mass is 405 g/mol. The van der Waals surface area contributed by atoms with Gasteiger partial charge in [-0.2, -0.15) is 0 Å². The van der Waals surface area contributed by atoms with Crippen molar-refractivity contribution in [2.75, 3.05) is 19.8 Å². The van der Waals surface area contributed by atoms with Crippen LogP contribution in [0, 0.1) is 0 Å². The number of hydrogen-bond acceptors (Lipinski definition) is 5. The van der Waals surface area contributed by atoms with Crippen molar-refractivity contribution in [2.24, 2.45) is 0 Å². The van der Waals surface area contributed by atoms with Gasteiger partial charge in [0, 0.05) is 23.3 Å². The zero-order chi connectivity index (χ0) is 21.2. The van der Waals surface area contributed by atoms with Crippen LogP contribution in [0.4, 0.5) is 4.79 Å². The lowest BCUT2D eigenvalue weighted by Gasteiger charge is -2.13. The number of carbonyl (C=O) groups excluding carboxylic acids is 2. The molecule has 154 valence electrons. The first-order valence-corrected chi connectivity index (χ1v) is 9.60. The molecule has 0 aliphatic rings. The Bertz CT molecular complexity index is 1020. The number of fused-ring (bicyclic) bond motifs is 1. The zero-order valence-corrected chi connectivity index (χ0v) is 16.5. The summed E-state index contributed by atoms with van der Waals surface area (Å²) in [6, 6.07) is 21.2. The van der Waals surface area contributed by atoms with Crippen molar-refractivity contribution in [3.8, 4) is 11.5 Å². The van der Waals surface area contributed by atoms with Crippen molar-refractivity contribution >= 4 is 22.8 Å². The molecule has 3 aromatic carbocycles. The van der Waals surface area contributed by atoms with Crippen LogP contribution >= 0.6 is 0 Å². The van der Waals surface area contributed by atoms with Crippen LogP contribution in [0.15, 0.2) is 79.4 Å². The van der Waals surface area contributed by atoms with E-state index in [-0.39, 0.29) is 13.2 Å². The summed E-state index contributed by atoms with van der Waals surface area (Å²) in [5.41, 5.74) is 1.21. The molecule has 0 aromatic heterocycles. The zero-order valence-electron chi connectivity index (χ0n) is 16.5. The lowest BCUT2D eigenvalue weighted by Crippen LogP contribution is -2.30. The van der Waals surface area contributed by atoms with E-state index in [1.807, 2.05) is 42.5 Å². The van der Waals surface area contributed by atoms with Crippen LogP contribution < -0.4 is 14.8 Å². The minimum Gasteiger partial charge on any atom is -0.493 e. The Labute approximate surface area is 175 Å². The summed E-state index contributed by atoms with van der Waals surface area (Å²) >= 11 is 0. The van der Waals surface area contributed by atoms with Crippen molar-refractivity contribution in [2.45, 2.75) is 6.42 Å². The number of benzene rings is 3. The van der Waals surface area contributed by atoms with E-state index in [0.29, 0.717) is 12.4 Å². The van der Waals surface area contributed by atoms with Crippen LogP contribution in [0.5, 0.6) is 11.5 Å². The van der Waals surface area contributed by atoms with Gasteiger partial charge in [0.05, 0.1) is 13.2 Å². The second-order valence-corrected chi connectivity index (χ2v) is 6.38. The second-order valence-electron chi connectivity index (χ2n) is 6.38. The van der Waals surface area contributed by atoms with Gasteiger partial charge < -0.3 is 19.5 Å². The Hall–Kier alpha value is -3.80. The largest absolute Gasteiger partial charge is 0.493 e. The molecule has 0 fully saturated rings. The lowest BCUT2D eigenvalue weighted by molar-refractivity contribution is -0.137. The van der Waals surface area contributed by atoms with Gasteiger partial charge in [-0.05, 0) is 17.7 Å². The van der Waals surface area contributed by atoms with Gasteiger partial charge in [0.25, 0.3) is 0 Å². The fourth-order valence-corrected chi connectivity index (χ4v) is 2.88. The fraction of sp³-hybridized carbons (Fsp3) is 0.167. The predicted octanol–water partition coefficient (Wildman–Crippen LogP) is 4.28. The van der Waals surface area contributed by atoms with E-state index >= 15 is 0 Å². The van der Waals surface area contributed by atoms with Crippen molar-refractivity contribution in [3.63, 3.8) is 0 Å². The van der Waals surface area contributed by atoms with E-state index in [4.69, 9.17) is 14.2 Å². The maximum absolute atomic E-state index is 12.1. The summed E-state index contributed by atoms with van der Waals surface area (Å²) in [5, 5.41) is 4.16. The Morgan fingerprint density at radius 1 is 0.867 bits per heavy atom. The first-order valence-electron chi connectivity index (χ1n) is 9.60. The molecule has 1 amide bonds. The molecule has 0 aliphatic heterocycles. The maximum Gasteiger partial charge on any atom is 0.412 e. The lowest BCUT2D eigenvalue weighted by atomic mass is 10.1. The summed E-state index contributed by atoms with van der Waals surface area (Å²) in [4.78, 5) is 23.0. The Morgan fingerprint density at radius 2 is 1.53 bits per heavy atom. The summed E-state index contributed by atoms with van der Waals surface area (Å²) < 4.78 is 16.2. The number of hydrogen-bond donors (Lipinski definition) is 1. The van der Waals surface area contributed by atoms with Crippen LogP contribution in [0.3, 0.4) is 0 Å². The number of amides is 1. The van der Waals surface area contributed by atoms with Gasteiger partial charge in [-0.25, -0.2) is 9.59 Å². The highest BCUT2D eigenvalue weighted by Gasteiger charge is 2.11. The van der Waals surface area contributed by atoms with Crippen molar-refractivity contribution in [1.82, 2.24) is 5.32 Å². The summed E-state index contributed by atoms with van der Waals surface area (Å²) in [5.74, 6) is 0.603. The molecule has 0 saturated carbocycles. The molecule has 0 aliphatic carbocycles. The minimum atomic E-state index is -0.632. The molecule has 1 N–H and O–H groups in total. The van der Waals surface area contributed by atoms with E-state index in [1.165, 1.54) is 5.56 Å². The van der Waals surface area contributed by atoms with Crippen LogP contribution in [-0.2, 0) is 16.0 Å². The van der Waals surface area contributed by atoms with Gasteiger partial charge in [0.1, 0.15) is 18.1 Å². The summed E-state index contributed by atoms with van der Waals surface area (Å²) in [6.45, 7) is 4.02. The normalized spacial score (nSPS) is 10.3. The molecule has 6 nitrogen and oxygen atoms in total. The predicted molar refractivity (Wildman–Crippen MR) is 115 cm³/mol. The summed E-state index contributed by atoms with van der Waals surface area (Å²) in [7, 11) is 0. The quantitative estimate of drug-likeness (QED) is 0.327. The van der Waals surface area contributed by atoms with E-state index in [9.17, 15) is 9.59 Å². The molecule has 0 bridgehead atoms. The van der Waals surface area contributed by atoms with Gasteiger partial charge in [0.15, 0.2) is 0 Å². The van der Waals surface area contributed by atoms with Gasteiger partial charge >= 0.3 is 12.1 Å².